The first-order valence-electron chi connectivity index (χ1n) is 6.70. The minimum Gasteiger partial charge on any atom is -0.368 e. The lowest BCUT2D eigenvalue weighted by Gasteiger charge is -2.18. The molecule has 0 bridgehead atoms. The number of carbonyl (C=O) groups excluding carboxylic acids is 2. The third-order valence-electron chi connectivity index (χ3n) is 3.06. The normalized spacial score (nSPS) is 12.1. The maximum absolute atomic E-state index is 11.1. The molecular formula is C14H17ClN4O2S. The Balaban J connectivity index is 2.56. The topological polar surface area (TPSA) is 80.7 Å². The van der Waals surface area contributed by atoms with Gasteiger partial charge in [-0.2, -0.15) is 5.10 Å². The average Bonchev–Trinajstić information content (AvgIpc) is 2.89. The van der Waals surface area contributed by atoms with E-state index in [1.807, 2.05) is 37.5 Å². The van der Waals surface area contributed by atoms with E-state index in [9.17, 15) is 9.59 Å². The molecule has 0 aliphatic heterocycles. The molecule has 0 saturated carbocycles. The molecule has 0 atom stereocenters. The van der Waals surface area contributed by atoms with E-state index in [0.717, 1.165) is 20.9 Å². The molecule has 0 fully saturated rings. The van der Waals surface area contributed by atoms with Gasteiger partial charge in [-0.15, -0.1) is 11.3 Å². The molecule has 0 aliphatic rings. The Morgan fingerprint density at radius 2 is 2.23 bits per heavy atom. The maximum atomic E-state index is 11.1. The van der Waals surface area contributed by atoms with Crippen LogP contribution >= 0.6 is 22.9 Å². The highest BCUT2D eigenvalue weighted by molar-refractivity contribution is 7.22. The lowest BCUT2D eigenvalue weighted by molar-refractivity contribution is -0.126. The molecule has 0 saturated heterocycles. The SMILES string of the molecule is Cc1cc2sc(Cl)cc2n1/C(=N\N(C=O)CC(N)=O)C(C)C. The van der Waals surface area contributed by atoms with Crippen molar-refractivity contribution >= 4 is 51.3 Å². The zero-order valence-electron chi connectivity index (χ0n) is 12.5. The van der Waals surface area contributed by atoms with Gasteiger partial charge in [-0.1, -0.05) is 25.4 Å². The van der Waals surface area contributed by atoms with Crippen LogP contribution in [0.3, 0.4) is 0 Å². The Bertz CT molecular complexity index is 747. The number of carbonyl (C=O) groups is 2. The van der Waals surface area contributed by atoms with Gasteiger partial charge < -0.3 is 5.73 Å². The Morgan fingerprint density at radius 3 is 2.77 bits per heavy atom. The van der Waals surface area contributed by atoms with E-state index >= 15 is 0 Å². The van der Waals surface area contributed by atoms with Gasteiger partial charge in [0.25, 0.3) is 0 Å². The molecule has 2 aromatic heterocycles. The number of fused-ring (bicyclic) bond motifs is 1. The van der Waals surface area contributed by atoms with Gasteiger partial charge in [-0.25, -0.2) is 5.01 Å². The Labute approximate surface area is 137 Å². The summed E-state index contributed by atoms with van der Waals surface area (Å²) in [4.78, 5) is 22.1. The maximum Gasteiger partial charge on any atom is 0.239 e. The van der Waals surface area contributed by atoms with Crippen LogP contribution in [0.5, 0.6) is 0 Å². The van der Waals surface area contributed by atoms with Gasteiger partial charge in [0.15, 0.2) is 0 Å². The van der Waals surface area contributed by atoms with Crippen molar-refractivity contribution in [2.75, 3.05) is 6.54 Å². The van der Waals surface area contributed by atoms with Crippen molar-refractivity contribution in [2.45, 2.75) is 20.8 Å². The molecule has 2 amide bonds. The van der Waals surface area contributed by atoms with Gasteiger partial charge in [-0.05, 0) is 19.1 Å². The second kappa shape index (κ2) is 6.50. The number of nitrogens with two attached hydrogens (primary N) is 1. The minimum atomic E-state index is -0.619. The van der Waals surface area contributed by atoms with Crippen molar-refractivity contribution in [1.82, 2.24) is 9.58 Å². The molecule has 118 valence electrons. The van der Waals surface area contributed by atoms with E-state index in [-0.39, 0.29) is 12.5 Å². The molecular weight excluding hydrogens is 324 g/mol. The molecule has 2 heterocycles. The number of hydrogen-bond donors (Lipinski definition) is 1. The second-order valence-electron chi connectivity index (χ2n) is 5.20. The van der Waals surface area contributed by atoms with Crippen LogP contribution in [0.25, 0.3) is 10.2 Å². The van der Waals surface area contributed by atoms with Crippen LogP contribution in [0.4, 0.5) is 0 Å². The summed E-state index contributed by atoms with van der Waals surface area (Å²) in [5.41, 5.74) is 7.05. The fourth-order valence-electron chi connectivity index (χ4n) is 2.20. The number of aromatic nitrogens is 1. The summed E-state index contributed by atoms with van der Waals surface area (Å²) < 4.78 is 3.68. The Kier molecular flexibility index (Phi) is 4.87. The number of amides is 2. The van der Waals surface area contributed by atoms with Crippen molar-refractivity contribution in [2.24, 2.45) is 16.8 Å². The summed E-state index contributed by atoms with van der Waals surface area (Å²) in [7, 11) is 0. The zero-order chi connectivity index (χ0) is 16.4. The molecule has 8 heteroatoms. The van der Waals surface area contributed by atoms with Gasteiger partial charge in [0.2, 0.25) is 12.3 Å². The molecule has 0 spiro atoms. The van der Waals surface area contributed by atoms with Gasteiger partial charge in [0.1, 0.15) is 12.4 Å². The summed E-state index contributed by atoms with van der Waals surface area (Å²) >= 11 is 7.56. The van der Waals surface area contributed by atoms with E-state index < -0.39 is 5.91 Å². The summed E-state index contributed by atoms with van der Waals surface area (Å²) in [5.74, 6) is 0.0607. The summed E-state index contributed by atoms with van der Waals surface area (Å²) in [6.07, 6.45) is 0.490. The molecule has 22 heavy (non-hydrogen) atoms. The fraction of sp³-hybridized carbons (Fsp3) is 0.357. The molecule has 0 aliphatic carbocycles. The van der Waals surface area contributed by atoms with Gasteiger partial charge >= 0.3 is 0 Å². The van der Waals surface area contributed by atoms with Gasteiger partial charge in [-0.3, -0.25) is 14.2 Å². The van der Waals surface area contributed by atoms with Crippen molar-refractivity contribution in [3.05, 3.63) is 22.2 Å². The van der Waals surface area contributed by atoms with Crippen molar-refractivity contribution in [1.29, 1.82) is 0 Å². The average molecular weight is 341 g/mol. The zero-order valence-corrected chi connectivity index (χ0v) is 14.1. The number of primary amides is 1. The van der Waals surface area contributed by atoms with Gasteiger partial charge in [0, 0.05) is 11.6 Å². The van der Waals surface area contributed by atoms with Crippen molar-refractivity contribution in [3.8, 4) is 0 Å². The van der Waals surface area contributed by atoms with Crippen LogP contribution in [0, 0.1) is 12.8 Å². The van der Waals surface area contributed by atoms with Crippen molar-refractivity contribution < 1.29 is 9.59 Å². The highest BCUT2D eigenvalue weighted by Gasteiger charge is 2.18. The number of hydrogen-bond acceptors (Lipinski definition) is 4. The number of aryl methyl sites for hydroxylation is 1. The van der Waals surface area contributed by atoms with Crippen LogP contribution in [-0.4, -0.2) is 34.3 Å². The highest BCUT2D eigenvalue weighted by Crippen LogP contribution is 2.32. The molecule has 6 nitrogen and oxygen atoms in total. The molecule has 0 unspecified atom stereocenters. The smallest absolute Gasteiger partial charge is 0.239 e. The van der Waals surface area contributed by atoms with Crippen LogP contribution in [0.2, 0.25) is 4.34 Å². The fourth-order valence-corrected chi connectivity index (χ4v) is 3.42. The molecule has 0 aromatic carbocycles. The number of hydrazone groups is 1. The van der Waals surface area contributed by atoms with Crippen LogP contribution in [0.1, 0.15) is 19.5 Å². The van der Waals surface area contributed by atoms with Crippen LogP contribution < -0.4 is 5.73 Å². The summed E-state index contributed by atoms with van der Waals surface area (Å²) in [5, 5.41) is 5.31. The largest absolute Gasteiger partial charge is 0.368 e. The quantitative estimate of drug-likeness (QED) is 0.392. The lowest BCUT2D eigenvalue weighted by Crippen LogP contribution is -2.32. The summed E-state index contributed by atoms with van der Waals surface area (Å²) in [6, 6.07) is 3.88. The van der Waals surface area contributed by atoms with E-state index in [2.05, 4.69) is 5.10 Å². The molecule has 2 N–H and O–H groups in total. The lowest BCUT2D eigenvalue weighted by atomic mass is 10.2. The standard InChI is InChI=1S/C14H17ClN4O2S/c1-8(2)14(17-18(7-20)6-13(16)21)19-9(3)4-11-10(19)5-12(15)22-11/h4-5,7-8H,6H2,1-3H3,(H2,16,21)/b17-14-. The van der Waals surface area contributed by atoms with Crippen LogP contribution in [0.15, 0.2) is 17.2 Å². The van der Waals surface area contributed by atoms with E-state index in [1.165, 1.54) is 11.3 Å². The van der Waals surface area contributed by atoms with Crippen LogP contribution in [-0.2, 0) is 9.59 Å². The first-order valence-corrected chi connectivity index (χ1v) is 7.89. The van der Waals surface area contributed by atoms with E-state index in [1.54, 1.807) is 0 Å². The highest BCUT2D eigenvalue weighted by atomic mass is 35.5. The number of rotatable bonds is 5. The molecule has 2 rings (SSSR count). The Hall–Kier alpha value is -1.86. The van der Waals surface area contributed by atoms with Crippen molar-refractivity contribution in [3.63, 3.8) is 0 Å². The predicted molar refractivity (Wildman–Crippen MR) is 89.2 cm³/mol. The monoisotopic (exact) mass is 340 g/mol. The summed E-state index contributed by atoms with van der Waals surface area (Å²) in [6.45, 7) is 5.63. The third kappa shape index (κ3) is 3.31. The van der Waals surface area contributed by atoms with Gasteiger partial charge in [0.05, 0.1) is 14.6 Å². The van der Waals surface area contributed by atoms with E-state index in [0.29, 0.717) is 16.6 Å². The molecule has 2 aromatic rings. The number of thiophene rings is 1. The predicted octanol–water partition coefficient (Wildman–Crippen LogP) is 2.43. The minimum absolute atomic E-state index is 0.0308. The molecule has 0 radical (unpaired) electrons. The number of halogens is 1. The number of nitrogens with zero attached hydrogens (tertiary/aromatic N) is 3. The first kappa shape index (κ1) is 16.5. The Morgan fingerprint density at radius 1 is 1.55 bits per heavy atom. The first-order chi connectivity index (χ1) is 10.3. The second-order valence-corrected chi connectivity index (χ2v) is 6.92. The third-order valence-corrected chi connectivity index (χ3v) is 4.26. The van der Waals surface area contributed by atoms with E-state index in [4.69, 9.17) is 17.3 Å².